The van der Waals surface area contributed by atoms with Gasteiger partial charge < -0.3 is 29.2 Å². The highest BCUT2D eigenvalue weighted by Gasteiger charge is 2.20. The number of carbonyl (C=O) groups excluding carboxylic acids is 3. The average Bonchev–Trinajstić information content (AvgIpc) is 2.88. The smallest absolute Gasteiger partial charge is 0.340 e. The molecule has 0 aromatic heterocycles. The van der Waals surface area contributed by atoms with Crippen LogP contribution in [-0.2, 0) is 9.53 Å². The standard InChI is InChI=1S/C25H30N2O7/c1-4-33-22-14-17(8-11-21(22)34-16-23(28)27-12-6-5-7-13-27)24(29)26-20-10-9-18(31-2)15-19(20)25(30)32-3/h8-11,14-15H,4-7,12-13,16H2,1-3H3,(H,26,29). The Balaban J connectivity index is 1.74. The zero-order valence-electron chi connectivity index (χ0n) is 19.7. The van der Waals surface area contributed by atoms with Crippen LogP contribution in [0.1, 0.15) is 46.9 Å². The number of esters is 1. The summed E-state index contributed by atoms with van der Waals surface area (Å²) in [5, 5.41) is 2.72. The number of ether oxygens (including phenoxy) is 4. The van der Waals surface area contributed by atoms with Gasteiger partial charge in [-0.25, -0.2) is 4.79 Å². The van der Waals surface area contributed by atoms with Crippen LogP contribution in [-0.4, -0.2) is 63.2 Å². The molecule has 0 radical (unpaired) electrons. The van der Waals surface area contributed by atoms with Gasteiger partial charge >= 0.3 is 5.97 Å². The molecule has 34 heavy (non-hydrogen) atoms. The number of piperidine rings is 1. The van der Waals surface area contributed by atoms with Gasteiger partial charge in [0.1, 0.15) is 5.75 Å². The first-order chi connectivity index (χ1) is 16.5. The van der Waals surface area contributed by atoms with Crippen molar-refractivity contribution in [2.45, 2.75) is 26.2 Å². The number of hydrogen-bond donors (Lipinski definition) is 1. The van der Waals surface area contributed by atoms with Crippen LogP contribution in [0.15, 0.2) is 36.4 Å². The quantitative estimate of drug-likeness (QED) is 0.559. The summed E-state index contributed by atoms with van der Waals surface area (Å²) in [6.45, 7) is 3.57. The van der Waals surface area contributed by atoms with Crippen molar-refractivity contribution < 1.29 is 33.3 Å². The number of hydrogen-bond acceptors (Lipinski definition) is 7. The lowest BCUT2D eigenvalue weighted by Crippen LogP contribution is -2.38. The first-order valence-corrected chi connectivity index (χ1v) is 11.2. The van der Waals surface area contributed by atoms with Crippen LogP contribution in [0.3, 0.4) is 0 Å². The molecule has 0 atom stereocenters. The fourth-order valence-corrected chi connectivity index (χ4v) is 3.64. The van der Waals surface area contributed by atoms with Gasteiger partial charge in [-0.05, 0) is 62.6 Å². The topological polar surface area (TPSA) is 103 Å². The number of nitrogens with zero attached hydrogens (tertiary/aromatic N) is 1. The van der Waals surface area contributed by atoms with E-state index in [1.165, 1.54) is 20.3 Å². The summed E-state index contributed by atoms with van der Waals surface area (Å²) in [6, 6.07) is 9.39. The van der Waals surface area contributed by atoms with E-state index in [0.29, 0.717) is 29.4 Å². The molecule has 2 aromatic rings. The number of anilines is 1. The molecule has 1 fully saturated rings. The molecular weight excluding hydrogens is 440 g/mol. The molecule has 1 N–H and O–H groups in total. The van der Waals surface area contributed by atoms with Gasteiger partial charge in [0, 0.05) is 18.7 Å². The molecule has 0 saturated carbocycles. The number of benzene rings is 2. The maximum absolute atomic E-state index is 12.9. The minimum atomic E-state index is -0.605. The van der Waals surface area contributed by atoms with E-state index in [-0.39, 0.29) is 23.8 Å². The number of methoxy groups -OCH3 is 2. The number of carbonyl (C=O) groups is 3. The van der Waals surface area contributed by atoms with Gasteiger partial charge in [0.15, 0.2) is 18.1 Å². The molecule has 0 bridgehead atoms. The molecule has 0 unspecified atom stereocenters. The minimum absolute atomic E-state index is 0.0705. The van der Waals surface area contributed by atoms with Gasteiger partial charge in [0.05, 0.1) is 32.1 Å². The highest BCUT2D eigenvalue weighted by Crippen LogP contribution is 2.30. The van der Waals surface area contributed by atoms with E-state index in [9.17, 15) is 14.4 Å². The van der Waals surface area contributed by atoms with Crippen molar-refractivity contribution in [1.82, 2.24) is 4.90 Å². The monoisotopic (exact) mass is 470 g/mol. The van der Waals surface area contributed by atoms with Crippen molar-refractivity contribution >= 4 is 23.5 Å². The Morgan fingerprint density at radius 2 is 1.71 bits per heavy atom. The van der Waals surface area contributed by atoms with E-state index in [4.69, 9.17) is 18.9 Å². The molecular formula is C25H30N2O7. The zero-order valence-corrected chi connectivity index (χ0v) is 19.7. The van der Waals surface area contributed by atoms with Crippen molar-refractivity contribution in [2.24, 2.45) is 0 Å². The van der Waals surface area contributed by atoms with Crippen LogP contribution >= 0.6 is 0 Å². The SMILES string of the molecule is CCOc1cc(C(=O)Nc2ccc(OC)cc2C(=O)OC)ccc1OCC(=O)N1CCCCC1. The van der Waals surface area contributed by atoms with Gasteiger partial charge in [0.2, 0.25) is 0 Å². The second kappa shape index (κ2) is 11.9. The highest BCUT2D eigenvalue weighted by molar-refractivity contribution is 6.08. The molecule has 2 aromatic carbocycles. The van der Waals surface area contributed by atoms with Crippen molar-refractivity contribution in [3.63, 3.8) is 0 Å². The maximum Gasteiger partial charge on any atom is 0.340 e. The van der Waals surface area contributed by atoms with Crippen molar-refractivity contribution in [2.75, 3.05) is 45.8 Å². The van der Waals surface area contributed by atoms with Crippen molar-refractivity contribution in [3.8, 4) is 17.2 Å². The van der Waals surface area contributed by atoms with E-state index >= 15 is 0 Å². The molecule has 9 nitrogen and oxygen atoms in total. The number of likely N-dealkylation sites (tertiary alicyclic amines) is 1. The van der Waals surface area contributed by atoms with Crippen LogP contribution in [0.4, 0.5) is 5.69 Å². The minimum Gasteiger partial charge on any atom is -0.497 e. The third kappa shape index (κ3) is 6.18. The predicted molar refractivity (Wildman–Crippen MR) is 126 cm³/mol. The van der Waals surface area contributed by atoms with Crippen LogP contribution in [0.2, 0.25) is 0 Å². The lowest BCUT2D eigenvalue weighted by Gasteiger charge is -2.26. The Labute approximate surface area is 198 Å². The lowest BCUT2D eigenvalue weighted by molar-refractivity contribution is -0.134. The number of amides is 2. The van der Waals surface area contributed by atoms with Gasteiger partial charge in [-0.3, -0.25) is 9.59 Å². The van der Waals surface area contributed by atoms with Gasteiger partial charge in [-0.1, -0.05) is 0 Å². The van der Waals surface area contributed by atoms with Gasteiger partial charge in [-0.15, -0.1) is 0 Å². The third-order valence-corrected chi connectivity index (χ3v) is 5.45. The Morgan fingerprint density at radius 3 is 2.38 bits per heavy atom. The van der Waals surface area contributed by atoms with Crippen LogP contribution in [0.5, 0.6) is 17.2 Å². The molecule has 182 valence electrons. The average molecular weight is 471 g/mol. The molecule has 2 amide bonds. The molecule has 1 aliphatic heterocycles. The van der Waals surface area contributed by atoms with Crippen LogP contribution < -0.4 is 19.5 Å². The number of nitrogens with one attached hydrogen (secondary N) is 1. The van der Waals surface area contributed by atoms with Gasteiger partial charge in [-0.2, -0.15) is 0 Å². The van der Waals surface area contributed by atoms with E-state index in [0.717, 1.165) is 32.4 Å². The first kappa shape index (κ1) is 24.9. The van der Waals surface area contributed by atoms with E-state index in [1.54, 1.807) is 35.2 Å². The normalized spacial score (nSPS) is 13.1. The summed E-state index contributed by atoms with van der Waals surface area (Å²) in [6.07, 6.45) is 3.15. The van der Waals surface area contributed by atoms with Crippen molar-refractivity contribution in [1.29, 1.82) is 0 Å². The van der Waals surface area contributed by atoms with Crippen LogP contribution in [0.25, 0.3) is 0 Å². The van der Waals surface area contributed by atoms with E-state index in [2.05, 4.69) is 5.32 Å². The summed E-state index contributed by atoms with van der Waals surface area (Å²) in [5.41, 5.74) is 0.740. The lowest BCUT2D eigenvalue weighted by atomic mass is 10.1. The summed E-state index contributed by atoms with van der Waals surface area (Å²) < 4.78 is 21.3. The summed E-state index contributed by atoms with van der Waals surface area (Å²) in [7, 11) is 2.74. The van der Waals surface area contributed by atoms with Crippen LogP contribution in [0, 0.1) is 0 Å². The first-order valence-electron chi connectivity index (χ1n) is 11.2. The van der Waals surface area contributed by atoms with Gasteiger partial charge in [0.25, 0.3) is 11.8 Å². The molecule has 9 heteroatoms. The number of rotatable bonds is 9. The summed E-state index contributed by atoms with van der Waals surface area (Å²) in [4.78, 5) is 39.3. The maximum atomic E-state index is 12.9. The van der Waals surface area contributed by atoms with E-state index < -0.39 is 11.9 Å². The fraction of sp³-hybridized carbons (Fsp3) is 0.400. The Morgan fingerprint density at radius 1 is 0.941 bits per heavy atom. The highest BCUT2D eigenvalue weighted by atomic mass is 16.5. The Bertz CT molecular complexity index is 1030. The van der Waals surface area contributed by atoms with E-state index in [1.807, 2.05) is 6.92 Å². The molecule has 0 spiro atoms. The molecule has 3 rings (SSSR count). The second-order valence-corrected chi connectivity index (χ2v) is 7.68. The molecule has 1 heterocycles. The largest absolute Gasteiger partial charge is 0.497 e. The van der Waals surface area contributed by atoms with Crippen molar-refractivity contribution in [3.05, 3.63) is 47.5 Å². The predicted octanol–water partition coefficient (Wildman–Crippen LogP) is 3.52. The Kier molecular flexibility index (Phi) is 8.73. The molecule has 1 saturated heterocycles. The zero-order chi connectivity index (χ0) is 24.5. The summed E-state index contributed by atoms with van der Waals surface area (Å²) >= 11 is 0. The third-order valence-electron chi connectivity index (χ3n) is 5.45. The molecule has 1 aliphatic rings. The Hall–Kier alpha value is -3.75. The second-order valence-electron chi connectivity index (χ2n) is 7.68. The molecule has 0 aliphatic carbocycles. The summed E-state index contributed by atoms with van der Waals surface area (Å²) in [5.74, 6) is 0.0583. The fourth-order valence-electron chi connectivity index (χ4n) is 3.64.